The maximum absolute atomic E-state index is 11.7. The summed E-state index contributed by atoms with van der Waals surface area (Å²) in [7, 11) is 0.471. The first-order chi connectivity index (χ1) is 9.50. The normalized spacial score (nSPS) is 13.7. The molecule has 0 aromatic heterocycles. The van der Waals surface area contributed by atoms with Gasteiger partial charge in [-0.2, -0.15) is 0 Å². The standard InChI is InChI=1S/C15H28O5Si/c1-9-11(20-21(7,8)15(2,3)4)10-12(13(16)18-5)14(17)19-6/h9,11-12H,1,10H2,2-8H3. The van der Waals surface area contributed by atoms with Crippen molar-refractivity contribution in [3.63, 3.8) is 0 Å². The monoisotopic (exact) mass is 316 g/mol. The Morgan fingerprint density at radius 1 is 1.14 bits per heavy atom. The molecule has 0 aliphatic heterocycles. The Bertz CT molecular complexity index is 368. The molecule has 0 spiro atoms. The van der Waals surface area contributed by atoms with E-state index in [0.29, 0.717) is 0 Å². The van der Waals surface area contributed by atoms with Crippen LogP contribution in [0.4, 0.5) is 0 Å². The van der Waals surface area contributed by atoms with Crippen LogP contribution in [0.1, 0.15) is 27.2 Å². The van der Waals surface area contributed by atoms with Gasteiger partial charge in [-0.3, -0.25) is 9.59 Å². The molecule has 0 aromatic rings. The number of rotatable bonds is 7. The average Bonchev–Trinajstić information content (AvgIpc) is 2.40. The molecule has 0 rings (SSSR count). The number of hydrogen-bond acceptors (Lipinski definition) is 5. The zero-order valence-electron chi connectivity index (χ0n) is 14.2. The third-order valence-electron chi connectivity index (χ3n) is 3.95. The van der Waals surface area contributed by atoms with Crippen molar-refractivity contribution in [2.75, 3.05) is 14.2 Å². The van der Waals surface area contributed by atoms with E-state index in [1.807, 2.05) is 0 Å². The number of carbonyl (C=O) groups excluding carboxylic acids is 2. The Labute approximate surface area is 128 Å². The molecule has 0 heterocycles. The molecule has 0 aliphatic rings. The van der Waals surface area contributed by atoms with Crippen LogP contribution < -0.4 is 0 Å². The largest absolute Gasteiger partial charge is 0.468 e. The first kappa shape index (κ1) is 19.9. The molecular formula is C15H28O5Si. The van der Waals surface area contributed by atoms with Crippen LogP contribution in [0.15, 0.2) is 12.7 Å². The van der Waals surface area contributed by atoms with Gasteiger partial charge >= 0.3 is 11.9 Å². The molecule has 0 fully saturated rings. The van der Waals surface area contributed by atoms with Gasteiger partial charge in [0.2, 0.25) is 0 Å². The lowest BCUT2D eigenvalue weighted by atomic mass is 10.0. The molecule has 0 saturated heterocycles. The minimum atomic E-state index is -2.02. The quantitative estimate of drug-likeness (QED) is 0.313. The SMILES string of the molecule is C=CC(CC(C(=O)OC)C(=O)OC)O[Si](C)(C)C(C)(C)C. The number of esters is 2. The predicted octanol–water partition coefficient (Wildman–Crippen LogP) is 2.92. The van der Waals surface area contributed by atoms with Crippen molar-refractivity contribution in [3.05, 3.63) is 12.7 Å². The number of carbonyl (C=O) groups is 2. The molecule has 0 saturated carbocycles. The lowest BCUT2D eigenvalue weighted by Crippen LogP contribution is -2.44. The molecular weight excluding hydrogens is 288 g/mol. The van der Waals surface area contributed by atoms with Crippen LogP contribution in [0, 0.1) is 5.92 Å². The first-order valence-electron chi connectivity index (χ1n) is 6.96. The first-order valence-corrected chi connectivity index (χ1v) is 9.87. The fourth-order valence-corrected chi connectivity index (χ4v) is 2.86. The van der Waals surface area contributed by atoms with Crippen LogP contribution in [0.3, 0.4) is 0 Å². The molecule has 0 aromatic carbocycles. The van der Waals surface area contributed by atoms with E-state index in [9.17, 15) is 9.59 Å². The van der Waals surface area contributed by atoms with Crippen molar-refractivity contribution < 1.29 is 23.5 Å². The van der Waals surface area contributed by atoms with E-state index in [1.54, 1.807) is 6.08 Å². The van der Waals surface area contributed by atoms with Gasteiger partial charge in [0.05, 0.1) is 20.3 Å². The summed E-state index contributed by atoms with van der Waals surface area (Å²) >= 11 is 0. The van der Waals surface area contributed by atoms with E-state index in [2.05, 4.69) is 49.9 Å². The van der Waals surface area contributed by atoms with Gasteiger partial charge in [0.1, 0.15) is 0 Å². The minimum Gasteiger partial charge on any atom is -0.468 e. The summed E-state index contributed by atoms with van der Waals surface area (Å²) in [6, 6.07) is 0. The highest BCUT2D eigenvalue weighted by Gasteiger charge is 2.40. The average molecular weight is 316 g/mol. The topological polar surface area (TPSA) is 61.8 Å². The summed E-state index contributed by atoms with van der Waals surface area (Å²) in [4.78, 5) is 23.4. The summed E-state index contributed by atoms with van der Waals surface area (Å²) in [6.45, 7) is 14.3. The van der Waals surface area contributed by atoms with Gasteiger partial charge in [-0.15, -0.1) is 6.58 Å². The van der Waals surface area contributed by atoms with E-state index in [1.165, 1.54) is 14.2 Å². The lowest BCUT2D eigenvalue weighted by molar-refractivity contribution is -0.159. The van der Waals surface area contributed by atoms with Gasteiger partial charge in [-0.1, -0.05) is 26.8 Å². The molecule has 1 atom stereocenters. The fraction of sp³-hybridized carbons (Fsp3) is 0.733. The van der Waals surface area contributed by atoms with Crippen molar-refractivity contribution in [1.29, 1.82) is 0 Å². The molecule has 0 N–H and O–H groups in total. The van der Waals surface area contributed by atoms with E-state index >= 15 is 0 Å². The van der Waals surface area contributed by atoms with E-state index in [4.69, 9.17) is 4.43 Å². The van der Waals surface area contributed by atoms with Gasteiger partial charge in [-0.25, -0.2) is 0 Å². The van der Waals surface area contributed by atoms with Gasteiger partial charge in [0.25, 0.3) is 0 Å². The van der Waals surface area contributed by atoms with Gasteiger partial charge in [0, 0.05) is 0 Å². The summed E-state index contributed by atoms with van der Waals surface area (Å²) in [5.41, 5.74) is 0. The Kier molecular flexibility index (Phi) is 7.33. The second-order valence-corrected chi connectivity index (χ2v) is 11.2. The smallest absolute Gasteiger partial charge is 0.320 e. The molecule has 5 nitrogen and oxygen atoms in total. The van der Waals surface area contributed by atoms with Crippen molar-refractivity contribution in [1.82, 2.24) is 0 Å². The summed E-state index contributed by atoms with van der Waals surface area (Å²) in [5.74, 6) is -2.23. The van der Waals surface area contributed by atoms with E-state index in [-0.39, 0.29) is 11.5 Å². The Balaban J connectivity index is 5.08. The predicted molar refractivity (Wildman–Crippen MR) is 84.4 cm³/mol. The molecule has 0 bridgehead atoms. The van der Waals surface area contributed by atoms with Crippen molar-refractivity contribution >= 4 is 20.3 Å². The Morgan fingerprint density at radius 2 is 1.57 bits per heavy atom. The highest BCUT2D eigenvalue weighted by molar-refractivity contribution is 6.74. The van der Waals surface area contributed by atoms with Crippen LogP contribution >= 0.6 is 0 Å². The number of methoxy groups -OCH3 is 2. The van der Waals surface area contributed by atoms with Crippen LogP contribution in [-0.2, 0) is 23.5 Å². The number of hydrogen-bond donors (Lipinski definition) is 0. The molecule has 0 radical (unpaired) electrons. The van der Waals surface area contributed by atoms with Gasteiger partial charge < -0.3 is 13.9 Å². The zero-order chi connectivity index (χ0) is 16.8. The summed E-state index contributed by atoms with van der Waals surface area (Å²) < 4.78 is 15.5. The number of ether oxygens (including phenoxy) is 2. The fourth-order valence-electron chi connectivity index (χ4n) is 1.55. The third kappa shape index (κ3) is 5.63. The van der Waals surface area contributed by atoms with E-state index < -0.39 is 32.3 Å². The van der Waals surface area contributed by atoms with E-state index in [0.717, 1.165) is 0 Å². The minimum absolute atomic E-state index is 0.0281. The molecule has 122 valence electrons. The molecule has 1 unspecified atom stereocenters. The van der Waals surface area contributed by atoms with Crippen molar-refractivity contribution in [3.8, 4) is 0 Å². The highest BCUT2D eigenvalue weighted by atomic mass is 28.4. The molecule has 0 amide bonds. The molecule has 21 heavy (non-hydrogen) atoms. The van der Waals surface area contributed by atoms with Crippen molar-refractivity contribution in [2.24, 2.45) is 5.92 Å². The molecule has 0 aliphatic carbocycles. The van der Waals surface area contributed by atoms with Crippen molar-refractivity contribution in [2.45, 2.75) is 51.4 Å². The van der Waals surface area contributed by atoms with Crippen LogP contribution in [0.2, 0.25) is 18.1 Å². The van der Waals surface area contributed by atoms with Gasteiger partial charge in [0.15, 0.2) is 14.2 Å². The maximum atomic E-state index is 11.7. The summed E-state index contributed by atoms with van der Waals surface area (Å²) in [5, 5.41) is 0.0281. The zero-order valence-corrected chi connectivity index (χ0v) is 15.2. The van der Waals surface area contributed by atoms with Crippen LogP contribution in [0.5, 0.6) is 0 Å². The second kappa shape index (κ2) is 7.75. The highest BCUT2D eigenvalue weighted by Crippen LogP contribution is 2.38. The van der Waals surface area contributed by atoms with Gasteiger partial charge in [-0.05, 0) is 24.6 Å². The lowest BCUT2D eigenvalue weighted by Gasteiger charge is -2.39. The Morgan fingerprint density at radius 3 is 1.86 bits per heavy atom. The van der Waals surface area contributed by atoms with Crippen LogP contribution in [-0.4, -0.2) is 40.6 Å². The third-order valence-corrected chi connectivity index (χ3v) is 8.46. The molecule has 6 heteroatoms. The second-order valence-electron chi connectivity index (χ2n) is 6.49. The Hall–Kier alpha value is -1.14. The summed E-state index contributed by atoms with van der Waals surface area (Å²) in [6.07, 6.45) is 1.41. The maximum Gasteiger partial charge on any atom is 0.320 e. The van der Waals surface area contributed by atoms with Crippen LogP contribution in [0.25, 0.3) is 0 Å².